The zero-order chi connectivity index (χ0) is 17.3. The highest BCUT2D eigenvalue weighted by Crippen LogP contribution is 2.36. The van der Waals surface area contributed by atoms with E-state index in [-0.39, 0.29) is 23.8 Å². The number of carbonyl (C=O) groups is 1. The van der Waals surface area contributed by atoms with E-state index < -0.39 is 0 Å². The average molecular weight is 343 g/mol. The molecule has 2 heterocycles. The molecule has 1 aromatic carbocycles. The van der Waals surface area contributed by atoms with E-state index in [1.54, 1.807) is 0 Å². The molecule has 0 fully saturated rings. The van der Waals surface area contributed by atoms with Crippen LogP contribution in [0.3, 0.4) is 0 Å². The Bertz CT molecular complexity index is 845. The molecule has 1 aliphatic rings. The highest BCUT2D eigenvalue weighted by molar-refractivity contribution is 7.99. The number of benzene rings is 1. The Hall–Kier alpha value is -2.08. The van der Waals surface area contributed by atoms with Crippen LogP contribution in [0.2, 0.25) is 0 Å². The molecule has 1 amide bonds. The van der Waals surface area contributed by atoms with Crippen LogP contribution in [0.15, 0.2) is 28.2 Å². The number of anilines is 1. The molecule has 6 heteroatoms. The molecule has 2 N–H and O–H groups in total. The lowest BCUT2D eigenvalue weighted by molar-refractivity contribution is -0.116. The van der Waals surface area contributed by atoms with Crippen LogP contribution in [0.25, 0.3) is 0 Å². The number of amides is 1. The third-order valence-electron chi connectivity index (χ3n) is 4.17. The van der Waals surface area contributed by atoms with Crippen LogP contribution in [-0.2, 0) is 4.79 Å². The molecule has 0 bridgehead atoms. The molecular weight excluding hydrogens is 322 g/mol. The molecule has 0 saturated carbocycles. The van der Waals surface area contributed by atoms with Crippen molar-refractivity contribution >= 4 is 23.5 Å². The molecule has 126 valence electrons. The highest BCUT2D eigenvalue weighted by atomic mass is 32.2. The topological polar surface area (TPSA) is 74.8 Å². The summed E-state index contributed by atoms with van der Waals surface area (Å²) in [5.41, 5.74) is 3.66. The van der Waals surface area contributed by atoms with E-state index in [0.717, 1.165) is 28.9 Å². The molecule has 0 radical (unpaired) electrons. The number of hydrogen-bond acceptors (Lipinski definition) is 4. The van der Waals surface area contributed by atoms with Gasteiger partial charge in [0.2, 0.25) is 5.91 Å². The number of carbonyl (C=O) groups excluding carboxylic acids is 1. The largest absolute Gasteiger partial charge is 0.310 e. The van der Waals surface area contributed by atoms with Gasteiger partial charge in [0.05, 0.1) is 5.56 Å². The minimum atomic E-state index is -0.254. The third-order valence-corrected chi connectivity index (χ3v) is 5.25. The molecule has 1 aromatic heterocycles. The number of aryl methyl sites for hydroxylation is 2. The van der Waals surface area contributed by atoms with Gasteiger partial charge in [0.15, 0.2) is 5.16 Å². The molecule has 0 spiro atoms. The van der Waals surface area contributed by atoms with Crippen molar-refractivity contribution < 1.29 is 4.79 Å². The number of aromatic amines is 1. The van der Waals surface area contributed by atoms with Crippen molar-refractivity contribution in [2.45, 2.75) is 44.7 Å². The van der Waals surface area contributed by atoms with Gasteiger partial charge in [-0.1, -0.05) is 42.4 Å². The van der Waals surface area contributed by atoms with Crippen LogP contribution >= 0.6 is 11.8 Å². The second-order valence-electron chi connectivity index (χ2n) is 6.15. The first kappa shape index (κ1) is 16.8. The summed E-state index contributed by atoms with van der Waals surface area (Å²) in [4.78, 5) is 32.1. The molecule has 2 aromatic rings. The number of rotatable bonds is 4. The summed E-state index contributed by atoms with van der Waals surface area (Å²) >= 11 is 1.49. The van der Waals surface area contributed by atoms with Crippen molar-refractivity contribution in [2.24, 2.45) is 0 Å². The Morgan fingerprint density at radius 2 is 2.08 bits per heavy atom. The Morgan fingerprint density at radius 3 is 2.79 bits per heavy atom. The second kappa shape index (κ2) is 6.81. The van der Waals surface area contributed by atoms with Gasteiger partial charge in [0.1, 0.15) is 5.82 Å². The van der Waals surface area contributed by atoms with E-state index in [9.17, 15) is 9.59 Å². The maximum atomic E-state index is 12.7. The summed E-state index contributed by atoms with van der Waals surface area (Å²) in [5.74, 6) is 0.919. The van der Waals surface area contributed by atoms with Gasteiger partial charge < -0.3 is 10.3 Å². The van der Waals surface area contributed by atoms with Crippen molar-refractivity contribution in [3.8, 4) is 0 Å². The van der Waals surface area contributed by atoms with E-state index in [0.29, 0.717) is 16.5 Å². The fraction of sp³-hybridized carbons (Fsp3) is 0.389. The number of aromatic nitrogens is 2. The molecular formula is C18H21N3O2S. The van der Waals surface area contributed by atoms with Gasteiger partial charge in [-0.25, -0.2) is 4.98 Å². The average Bonchev–Trinajstić information content (AvgIpc) is 2.51. The Morgan fingerprint density at radius 1 is 1.29 bits per heavy atom. The fourth-order valence-corrected chi connectivity index (χ4v) is 3.82. The maximum absolute atomic E-state index is 12.7. The van der Waals surface area contributed by atoms with E-state index in [4.69, 9.17) is 0 Å². The summed E-state index contributed by atoms with van der Waals surface area (Å²) < 4.78 is 0. The summed E-state index contributed by atoms with van der Waals surface area (Å²) in [5, 5.41) is 3.32. The number of nitrogens with zero attached hydrogens (tertiary/aromatic N) is 1. The first-order valence-corrected chi connectivity index (χ1v) is 9.12. The van der Waals surface area contributed by atoms with Crippen LogP contribution in [-0.4, -0.2) is 21.6 Å². The molecule has 0 unspecified atom stereocenters. The smallest absolute Gasteiger partial charge is 0.257 e. The second-order valence-corrected chi connectivity index (χ2v) is 7.23. The van der Waals surface area contributed by atoms with Gasteiger partial charge in [-0.15, -0.1) is 0 Å². The van der Waals surface area contributed by atoms with Gasteiger partial charge >= 0.3 is 0 Å². The molecule has 0 aliphatic carbocycles. The van der Waals surface area contributed by atoms with E-state index in [1.165, 1.54) is 11.8 Å². The quantitative estimate of drug-likeness (QED) is 0.659. The molecule has 1 atom stereocenters. The van der Waals surface area contributed by atoms with Crippen LogP contribution < -0.4 is 10.9 Å². The third kappa shape index (κ3) is 3.24. The number of hydrogen-bond donors (Lipinski definition) is 2. The zero-order valence-electron chi connectivity index (χ0n) is 14.1. The normalized spacial score (nSPS) is 16.6. The number of fused-ring (bicyclic) bond motifs is 1. The monoisotopic (exact) mass is 343 g/mol. The van der Waals surface area contributed by atoms with Gasteiger partial charge in [0, 0.05) is 18.1 Å². The van der Waals surface area contributed by atoms with E-state index in [1.807, 2.05) is 26.0 Å². The summed E-state index contributed by atoms with van der Waals surface area (Å²) in [6, 6.07) is 6.10. The van der Waals surface area contributed by atoms with Crippen molar-refractivity contribution in [1.82, 2.24) is 9.97 Å². The minimum Gasteiger partial charge on any atom is -0.310 e. The van der Waals surface area contributed by atoms with Crippen LogP contribution in [0.1, 0.15) is 47.9 Å². The van der Waals surface area contributed by atoms with E-state index in [2.05, 4.69) is 28.3 Å². The van der Waals surface area contributed by atoms with Crippen LogP contribution in [0.4, 0.5) is 5.82 Å². The standard InChI is InChI=1S/C18H21N3O2S/c1-4-7-24-18-20-16-15(17(23)21-18)13(9-14(22)19-16)12-6-5-10(2)8-11(12)3/h5-6,8,13H,4,7,9H2,1-3H3,(H2,19,20,21,22,23)/t13-/m0/s1. The molecule has 0 saturated heterocycles. The van der Waals surface area contributed by atoms with Gasteiger partial charge in [-0.2, -0.15) is 0 Å². The molecule has 5 nitrogen and oxygen atoms in total. The lowest BCUT2D eigenvalue weighted by Crippen LogP contribution is -2.31. The summed E-state index contributed by atoms with van der Waals surface area (Å²) in [6.45, 7) is 6.12. The summed E-state index contributed by atoms with van der Waals surface area (Å²) in [7, 11) is 0. The lowest BCUT2D eigenvalue weighted by Gasteiger charge is -2.25. The van der Waals surface area contributed by atoms with Crippen molar-refractivity contribution in [1.29, 1.82) is 0 Å². The predicted octanol–water partition coefficient (Wildman–Crippen LogP) is 3.36. The van der Waals surface area contributed by atoms with Crippen molar-refractivity contribution in [3.05, 3.63) is 50.8 Å². The van der Waals surface area contributed by atoms with Crippen LogP contribution in [0.5, 0.6) is 0 Å². The number of nitrogens with one attached hydrogen (secondary N) is 2. The molecule has 1 aliphatic heterocycles. The Balaban J connectivity index is 2.09. The van der Waals surface area contributed by atoms with Gasteiger partial charge in [-0.05, 0) is 31.4 Å². The van der Waals surface area contributed by atoms with Crippen molar-refractivity contribution in [2.75, 3.05) is 11.1 Å². The first-order valence-electron chi connectivity index (χ1n) is 8.13. The van der Waals surface area contributed by atoms with Gasteiger partial charge in [-0.3, -0.25) is 9.59 Å². The van der Waals surface area contributed by atoms with E-state index >= 15 is 0 Å². The summed E-state index contributed by atoms with van der Waals surface area (Å²) in [6.07, 6.45) is 1.26. The number of thioether (sulfide) groups is 1. The predicted molar refractivity (Wildman–Crippen MR) is 96.9 cm³/mol. The maximum Gasteiger partial charge on any atom is 0.257 e. The number of H-pyrrole nitrogens is 1. The highest BCUT2D eigenvalue weighted by Gasteiger charge is 2.31. The zero-order valence-corrected chi connectivity index (χ0v) is 14.9. The molecule has 3 rings (SSSR count). The lowest BCUT2D eigenvalue weighted by atomic mass is 9.84. The Kier molecular flexibility index (Phi) is 4.76. The van der Waals surface area contributed by atoms with Crippen molar-refractivity contribution in [3.63, 3.8) is 0 Å². The van der Waals surface area contributed by atoms with Gasteiger partial charge in [0.25, 0.3) is 5.56 Å². The SMILES string of the molecule is CCCSc1nc2c(c(=O)[nH]1)[C@H](c1ccc(C)cc1C)CC(=O)N2. The molecule has 24 heavy (non-hydrogen) atoms. The van der Waals surface area contributed by atoms with Crippen LogP contribution in [0, 0.1) is 13.8 Å². The Labute approximate surface area is 145 Å². The minimum absolute atomic E-state index is 0.1000. The first-order chi connectivity index (χ1) is 11.5. The fourth-order valence-electron chi connectivity index (χ4n) is 3.10.